The first-order valence-corrected chi connectivity index (χ1v) is 11.1. The van der Waals surface area contributed by atoms with Gasteiger partial charge >= 0.3 is 0 Å². The summed E-state index contributed by atoms with van der Waals surface area (Å²) in [6.45, 7) is 4.51. The number of hydrogen-bond donors (Lipinski definition) is 2. The number of nitrogens with one attached hydrogen (secondary N) is 2. The molecular weight excluding hydrogens is 390 g/mol. The van der Waals surface area contributed by atoms with Gasteiger partial charge in [0, 0.05) is 30.9 Å². The lowest BCUT2D eigenvalue weighted by molar-refractivity contribution is -0.122. The van der Waals surface area contributed by atoms with E-state index in [1.807, 2.05) is 38.1 Å². The number of rotatable bonds is 7. The quantitative estimate of drug-likeness (QED) is 0.727. The number of amides is 2. The standard InChI is InChI=1S/C21H25N3O4S/c1-3-12-22-29(27,28)18-10-8-17(9-11-18)23-21(26)16-13-20(25)24(14-16)19-7-5-4-6-15(19)2/h4-11,16,22H,3,12-14H2,1-2H3,(H,23,26). The summed E-state index contributed by atoms with van der Waals surface area (Å²) in [5.74, 6) is -0.797. The van der Waals surface area contributed by atoms with Crippen molar-refractivity contribution < 1.29 is 18.0 Å². The van der Waals surface area contributed by atoms with Crippen LogP contribution in [0.25, 0.3) is 0 Å². The topological polar surface area (TPSA) is 95.6 Å². The van der Waals surface area contributed by atoms with Crippen LogP contribution < -0.4 is 14.9 Å². The molecule has 154 valence electrons. The maximum Gasteiger partial charge on any atom is 0.240 e. The molecule has 0 aromatic heterocycles. The minimum absolute atomic E-state index is 0.0807. The minimum atomic E-state index is -3.55. The molecule has 1 unspecified atom stereocenters. The molecule has 1 atom stereocenters. The largest absolute Gasteiger partial charge is 0.326 e. The summed E-state index contributed by atoms with van der Waals surface area (Å²) in [6.07, 6.45) is 0.848. The third-order valence-corrected chi connectivity index (χ3v) is 6.35. The van der Waals surface area contributed by atoms with E-state index in [4.69, 9.17) is 0 Å². The first-order chi connectivity index (χ1) is 13.8. The van der Waals surface area contributed by atoms with Gasteiger partial charge < -0.3 is 10.2 Å². The Kier molecular flexibility index (Phi) is 6.34. The van der Waals surface area contributed by atoms with E-state index in [0.717, 1.165) is 11.3 Å². The van der Waals surface area contributed by atoms with Crippen molar-refractivity contribution in [3.8, 4) is 0 Å². The van der Waals surface area contributed by atoms with Crippen LogP contribution in [0.3, 0.4) is 0 Å². The van der Waals surface area contributed by atoms with Crippen LogP contribution >= 0.6 is 0 Å². The lowest BCUT2D eigenvalue weighted by Crippen LogP contribution is -2.28. The average Bonchev–Trinajstić information content (AvgIpc) is 3.09. The lowest BCUT2D eigenvalue weighted by Gasteiger charge is -2.19. The van der Waals surface area contributed by atoms with Crippen LogP contribution in [-0.4, -0.2) is 33.3 Å². The fourth-order valence-electron chi connectivity index (χ4n) is 3.26. The molecular formula is C21H25N3O4S. The minimum Gasteiger partial charge on any atom is -0.326 e. The summed E-state index contributed by atoms with van der Waals surface area (Å²) in [7, 11) is -3.55. The second-order valence-corrected chi connectivity index (χ2v) is 8.87. The van der Waals surface area contributed by atoms with E-state index in [1.165, 1.54) is 12.1 Å². The number of para-hydroxylation sites is 1. The molecule has 7 nitrogen and oxygen atoms in total. The zero-order valence-corrected chi connectivity index (χ0v) is 17.3. The molecule has 0 radical (unpaired) electrons. The number of hydrogen-bond acceptors (Lipinski definition) is 4. The van der Waals surface area contributed by atoms with Gasteiger partial charge in [-0.1, -0.05) is 25.1 Å². The summed E-state index contributed by atoms with van der Waals surface area (Å²) < 4.78 is 26.8. The van der Waals surface area contributed by atoms with E-state index in [9.17, 15) is 18.0 Å². The van der Waals surface area contributed by atoms with E-state index in [-0.39, 0.29) is 23.1 Å². The highest BCUT2D eigenvalue weighted by molar-refractivity contribution is 7.89. The molecule has 3 rings (SSSR count). The fraction of sp³-hybridized carbons (Fsp3) is 0.333. The van der Waals surface area contributed by atoms with Crippen molar-refractivity contribution in [1.29, 1.82) is 0 Å². The van der Waals surface area contributed by atoms with Crippen molar-refractivity contribution in [2.75, 3.05) is 23.3 Å². The van der Waals surface area contributed by atoms with Gasteiger partial charge in [0.2, 0.25) is 21.8 Å². The van der Waals surface area contributed by atoms with Gasteiger partial charge in [-0.25, -0.2) is 13.1 Å². The van der Waals surface area contributed by atoms with Crippen LogP contribution in [0.2, 0.25) is 0 Å². The maximum absolute atomic E-state index is 12.6. The van der Waals surface area contributed by atoms with E-state index in [0.29, 0.717) is 25.2 Å². The SMILES string of the molecule is CCCNS(=O)(=O)c1ccc(NC(=O)C2CC(=O)N(c3ccccc3C)C2)cc1. The van der Waals surface area contributed by atoms with Crippen LogP contribution in [0.4, 0.5) is 11.4 Å². The Bertz CT molecular complexity index is 1000. The number of nitrogens with zero attached hydrogens (tertiary/aromatic N) is 1. The van der Waals surface area contributed by atoms with Gasteiger partial charge in [-0.3, -0.25) is 9.59 Å². The molecule has 2 amide bonds. The number of carbonyl (C=O) groups excluding carboxylic acids is 2. The summed E-state index contributed by atoms with van der Waals surface area (Å²) in [4.78, 5) is 26.8. The summed E-state index contributed by atoms with van der Waals surface area (Å²) in [5, 5.41) is 2.78. The average molecular weight is 416 g/mol. The number of carbonyl (C=O) groups is 2. The molecule has 0 aliphatic carbocycles. The lowest BCUT2D eigenvalue weighted by atomic mass is 10.1. The molecule has 8 heteroatoms. The molecule has 2 aromatic carbocycles. The normalized spacial score (nSPS) is 16.8. The van der Waals surface area contributed by atoms with E-state index in [2.05, 4.69) is 10.0 Å². The van der Waals surface area contributed by atoms with Crippen molar-refractivity contribution in [3.05, 3.63) is 54.1 Å². The van der Waals surface area contributed by atoms with Gasteiger partial charge in [0.1, 0.15) is 0 Å². The molecule has 2 N–H and O–H groups in total. The molecule has 0 saturated carbocycles. The highest BCUT2D eigenvalue weighted by Crippen LogP contribution is 2.28. The molecule has 29 heavy (non-hydrogen) atoms. The van der Waals surface area contributed by atoms with E-state index >= 15 is 0 Å². The van der Waals surface area contributed by atoms with Gasteiger partial charge in [-0.2, -0.15) is 0 Å². The van der Waals surface area contributed by atoms with Crippen molar-refractivity contribution in [2.45, 2.75) is 31.6 Å². The highest BCUT2D eigenvalue weighted by Gasteiger charge is 2.35. The Morgan fingerprint density at radius 2 is 1.83 bits per heavy atom. The van der Waals surface area contributed by atoms with Crippen molar-refractivity contribution in [1.82, 2.24) is 4.72 Å². The molecule has 0 spiro atoms. The highest BCUT2D eigenvalue weighted by atomic mass is 32.2. The van der Waals surface area contributed by atoms with Crippen molar-refractivity contribution in [2.24, 2.45) is 5.92 Å². The summed E-state index contributed by atoms with van der Waals surface area (Å²) >= 11 is 0. The predicted octanol–water partition coefficient (Wildman–Crippen LogP) is 2.67. The second kappa shape index (κ2) is 8.75. The first kappa shape index (κ1) is 21.0. The van der Waals surface area contributed by atoms with Gasteiger partial charge in [-0.05, 0) is 49.2 Å². The van der Waals surface area contributed by atoms with Crippen molar-refractivity contribution in [3.63, 3.8) is 0 Å². The van der Waals surface area contributed by atoms with Gasteiger partial charge in [-0.15, -0.1) is 0 Å². The van der Waals surface area contributed by atoms with Crippen LogP contribution in [0.1, 0.15) is 25.3 Å². The molecule has 0 bridgehead atoms. The number of anilines is 2. The monoisotopic (exact) mass is 415 g/mol. The third-order valence-electron chi connectivity index (χ3n) is 4.88. The Morgan fingerprint density at radius 3 is 2.48 bits per heavy atom. The Balaban J connectivity index is 1.65. The molecule has 2 aromatic rings. The van der Waals surface area contributed by atoms with Gasteiger partial charge in [0.05, 0.1) is 10.8 Å². The Hall–Kier alpha value is -2.71. The number of sulfonamides is 1. The van der Waals surface area contributed by atoms with Crippen LogP contribution in [0.5, 0.6) is 0 Å². The van der Waals surface area contributed by atoms with Crippen LogP contribution in [0.15, 0.2) is 53.4 Å². The predicted molar refractivity (Wildman–Crippen MR) is 112 cm³/mol. The molecule has 1 fully saturated rings. The summed E-state index contributed by atoms with van der Waals surface area (Å²) in [6, 6.07) is 13.6. The smallest absolute Gasteiger partial charge is 0.240 e. The number of aryl methyl sites for hydroxylation is 1. The van der Waals surface area contributed by atoms with E-state index < -0.39 is 15.9 Å². The first-order valence-electron chi connectivity index (χ1n) is 9.58. The third kappa shape index (κ3) is 4.83. The van der Waals surface area contributed by atoms with Crippen LogP contribution in [0, 0.1) is 12.8 Å². The molecule has 1 aliphatic rings. The van der Waals surface area contributed by atoms with Gasteiger partial charge in [0.25, 0.3) is 0 Å². The number of benzene rings is 2. The molecule has 1 saturated heterocycles. The maximum atomic E-state index is 12.6. The zero-order valence-electron chi connectivity index (χ0n) is 16.5. The fourth-order valence-corrected chi connectivity index (χ4v) is 4.40. The van der Waals surface area contributed by atoms with Crippen molar-refractivity contribution >= 4 is 33.2 Å². The molecule has 1 aliphatic heterocycles. The Morgan fingerprint density at radius 1 is 1.14 bits per heavy atom. The summed E-state index contributed by atoms with van der Waals surface area (Å²) in [5.41, 5.74) is 2.29. The Labute approximate surface area is 171 Å². The van der Waals surface area contributed by atoms with Crippen LogP contribution in [-0.2, 0) is 19.6 Å². The second-order valence-electron chi connectivity index (χ2n) is 7.10. The zero-order chi connectivity index (χ0) is 21.0. The molecule has 1 heterocycles. The van der Waals surface area contributed by atoms with Gasteiger partial charge in [0.15, 0.2) is 0 Å². The van der Waals surface area contributed by atoms with E-state index in [1.54, 1.807) is 17.0 Å².